The van der Waals surface area contributed by atoms with Crippen molar-refractivity contribution in [3.05, 3.63) is 33.8 Å². The number of hydrogen-bond donors (Lipinski definition) is 0. The van der Waals surface area contributed by atoms with Crippen molar-refractivity contribution in [2.75, 3.05) is 26.7 Å². The minimum absolute atomic E-state index is 0.00977. The Hall–Kier alpha value is -1.01. The van der Waals surface area contributed by atoms with Crippen molar-refractivity contribution in [3.8, 4) is 0 Å². The lowest BCUT2D eigenvalue weighted by atomic mass is 10.1. The summed E-state index contributed by atoms with van der Waals surface area (Å²) in [7, 11) is 1.72. The van der Waals surface area contributed by atoms with Gasteiger partial charge in [0.25, 0.3) is 0 Å². The van der Waals surface area contributed by atoms with Gasteiger partial charge in [-0.1, -0.05) is 15.9 Å². The second-order valence-electron chi connectivity index (χ2n) is 4.37. The lowest BCUT2D eigenvalue weighted by Crippen LogP contribution is -2.48. The van der Waals surface area contributed by atoms with Gasteiger partial charge in [0.2, 0.25) is 5.91 Å². The van der Waals surface area contributed by atoms with E-state index >= 15 is 0 Å². The van der Waals surface area contributed by atoms with Gasteiger partial charge in [0.1, 0.15) is 11.6 Å². The van der Waals surface area contributed by atoms with Crippen LogP contribution in [0.15, 0.2) is 16.6 Å². The van der Waals surface area contributed by atoms with Crippen LogP contribution in [0, 0.1) is 11.6 Å². The van der Waals surface area contributed by atoms with Crippen LogP contribution in [0.3, 0.4) is 0 Å². The van der Waals surface area contributed by atoms with Crippen LogP contribution in [0.1, 0.15) is 5.56 Å². The molecule has 0 spiro atoms. The van der Waals surface area contributed by atoms with Gasteiger partial charge in [-0.15, -0.1) is 0 Å². The van der Waals surface area contributed by atoms with Crippen molar-refractivity contribution >= 4 is 21.8 Å². The third-order valence-corrected chi connectivity index (χ3v) is 3.48. The van der Waals surface area contributed by atoms with E-state index in [4.69, 9.17) is 0 Å². The SMILES string of the molecule is CN1CCN(Cc2c(F)cc(Br)cc2F)CC1=O. The van der Waals surface area contributed by atoms with E-state index in [1.807, 2.05) is 0 Å². The molecule has 0 N–H and O–H groups in total. The maximum absolute atomic E-state index is 13.6. The van der Waals surface area contributed by atoms with Gasteiger partial charge in [0, 0.05) is 36.7 Å². The molecule has 3 nitrogen and oxygen atoms in total. The van der Waals surface area contributed by atoms with Crippen molar-refractivity contribution in [2.45, 2.75) is 6.54 Å². The van der Waals surface area contributed by atoms with Gasteiger partial charge < -0.3 is 4.90 Å². The van der Waals surface area contributed by atoms with E-state index < -0.39 is 11.6 Å². The van der Waals surface area contributed by atoms with Crippen molar-refractivity contribution in [1.82, 2.24) is 9.80 Å². The highest BCUT2D eigenvalue weighted by molar-refractivity contribution is 9.10. The Bertz CT molecular complexity index is 458. The molecule has 6 heteroatoms. The monoisotopic (exact) mass is 318 g/mol. The molecule has 1 heterocycles. The molecule has 1 aromatic carbocycles. The van der Waals surface area contributed by atoms with E-state index in [2.05, 4.69) is 15.9 Å². The standard InChI is InChI=1S/C12H13BrF2N2O/c1-16-2-3-17(7-12(16)18)6-9-10(14)4-8(13)5-11(9)15/h4-5H,2-3,6-7H2,1H3. The van der Waals surface area contributed by atoms with Gasteiger partial charge in [-0.05, 0) is 12.1 Å². The first-order valence-electron chi connectivity index (χ1n) is 5.57. The van der Waals surface area contributed by atoms with Crippen LogP contribution in [-0.4, -0.2) is 42.4 Å². The zero-order valence-electron chi connectivity index (χ0n) is 9.92. The van der Waals surface area contributed by atoms with E-state index in [9.17, 15) is 13.6 Å². The molecule has 2 rings (SSSR count). The van der Waals surface area contributed by atoms with Gasteiger partial charge in [-0.3, -0.25) is 9.69 Å². The molecule has 1 fully saturated rings. The molecule has 1 aromatic rings. The smallest absolute Gasteiger partial charge is 0.236 e. The number of rotatable bonds is 2. The van der Waals surface area contributed by atoms with Gasteiger partial charge in [-0.2, -0.15) is 0 Å². The fourth-order valence-electron chi connectivity index (χ4n) is 1.89. The van der Waals surface area contributed by atoms with Crippen LogP contribution >= 0.6 is 15.9 Å². The number of piperazine rings is 1. The molecule has 0 aliphatic carbocycles. The number of likely N-dealkylation sites (N-methyl/N-ethyl adjacent to an activating group) is 1. The molecule has 1 aliphatic rings. The van der Waals surface area contributed by atoms with Crippen LogP contribution < -0.4 is 0 Å². The number of nitrogens with zero attached hydrogens (tertiary/aromatic N) is 2. The first kappa shape index (κ1) is 13.4. The number of benzene rings is 1. The lowest BCUT2D eigenvalue weighted by molar-refractivity contribution is -0.134. The minimum Gasteiger partial charge on any atom is -0.343 e. The molecule has 0 aromatic heterocycles. The molecule has 1 amide bonds. The maximum atomic E-state index is 13.6. The lowest BCUT2D eigenvalue weighted by Gasteiger charge is -2.32. The zero-order chi connectivity index (χ0) is 13.3. The van der Waals surface area contributed by atoms with Crippen molar-refractivity contribution in [2.24, 2.45) is 0 Å². The van der Waals surface area contributed by atoms with Gasteiger partial charge in [0.15, 0.2) is 0 Å². The molecule has 0 unspecified atom stereocenters. The molecular formula is C12H13BrF2N2O. The maximum Gasteiger partial charge on any atom is 0.236 e. The fourth-order valence-corrected chi connectivity index (χ4v) is 2.29. The van der Waals surface area contributed by atoms with Crippen LogP contribution in [0.5, 0.6) is 0 Å². The van der Waals surface area contributed by atoms with E-state index in [-0.39, 0.29) is 24.6 Å². The van der Waals surface area contributed by atoms with Crippen molar-refractivity contribution in [1.29, 1.82) is 0 Å². The van der Waals surface area contributed by atoms with E-state index in [0.29, 0.717) is 17.6 Å². The highest BCUT2D eigenvalue weighted by Gasteiger charge is 2.23. The number of halogens is 3. The van der Waals surface area contributed by atoms with Gasteiger partial charge in [0.05, 0.1) is 6.54 Å². The number of carbonyl (C=O) groups excluding carboxylic acids is 1. The summed E-state index contributed by atoms with van der Waals surface area (Å²) in [6, 6.07) is 2.46. The molecule has 1 aliphatic heterocycles. The molecular weight excluding hydrogens is 306 g/mol. The second kappa shape index (κ2) is 5.32. The molecule has 0 atom stereocenters. The molecule has 98 valence electrons. The van der Waals surface area contributed by atoms with Gasteiger partial charge >= 0.3 is 0 Å². The summed E-state index contributed by atoms with van der Waals surface area (Å²) in [5.74, 6) is -1.21. The number of carbonyl (C=O) groups is 1. The van der Waals surface area contributed by atoms with E-state index in [1.54, 1.807) is 16.8 Å². The Morgan fingerprint density at radius 3 is 2.44 bits per heavy atom. The summed E-state index contributed by atoms with van der Waals surface area (Å²) in [6.45, 7) is 1.52. The first-order valence-corrected chi connectivity index (χ1v) is 6.36. The van der Waals surface area contributed by atoms with Crippen LogP contribution in [0.2, 0.25) is 0 Å². The Kier molecular flexibility index (Phi) is 3.97. The van der Waals surface area contributed by atoms with Crippen LogP contribution in [-0.2, 0) is 11.3 Å². The van der Waals surface area contributed by atoms with Crippen LogP contribution in [0.4, 0.5) is 8.78 Å². The van der Waals surface area contributed by atoms with Crippen molar-refractivity contribution < 1.29 is 13.6 Å². The molecule has 0 saturated carbocycles. The molecule has 0 bridgehead atoms. The fraction of sp³-hybridized carbons (Fsp3) is 0.417. The highest BCUT2D eigenvalue weighted by Crippen LogP contribution is 2.21. The van der Waals surface area contributed by atoms with Crippen LogP contribution in [0.25, 0.3) is 0 Å². The van der Waals surface area contributed by atoms with E-state index in [0.717, 1.165) is 0 Å². The van der Waals surface area contributed by atoms with Crippen molar-refractivity contribution in [3.63, 3.8) is 0 Å². The third-order valence-electron chi connectivity index (χ3n) is 3.02. The second-order valence-corrected chi connectivity index (χ2v) is 5.29. The largest absolute Gasteiger partial charge is 0.343 e. The normalized spacial score (nSPS) is 17.3. The Balaban J connectivity index is 2.13. The number of amides is 1. The predicted molar refractivity (Wildman–Crippen MR) is 67.0 cm³/mol. The summed E-state index contributed by atoms with van der Waals surface area (Å²) in [5.41, 5.74) is 0.00977. The van der Waals surface area contributed by atoms with Gasteiger partial charge in [-0.25, -0.2) is 8.78 Å². The molecule has 18 heavy (non-hydrogen) atoms. The third kappa shape index (κ3) is 2.87. The predicted octanol–water partition coefficient (Wildman–Crippen LogP) is 2.00. The average Bonchev–Trinajstić information content (AvgIpc) is 2.28. The van der Waals surface area contributed by atoms with E-state index in [1.165, 1.54) is 12.1 Å². The Morgan fingerprint density at radius 1 is 1.28 bits per heavy atom. The summed E-state index contributed by atoms with van der Waals surface area (Å²) in [6.07, 6.45) is 0. The molecule has 0 radical (unpaired) electrons. The zero-order valence-corrected chi connectivity index (χ0v) is 11.5. The Morgan fingerprint density at radius 2 is 1.89 bits per heavy atom. The highest BCUT2D eigenvalue weighted by atomic mass is 79.9. The summed E-state index contributed by atoms with van der Waals surface area (Å²) in [5, 5.41) is 0. The topological polar surface area (TPSA) is 23.6 Å². The summed E-state index contributed by atoms with van der Waals surface area (Å²) in [4.78, 5) is 14.9. The minimum atomic E-state index is -0.590. The summed E-state index contributed by atoms with van der Waals surface area (Å²) >= 11 is 3.04. The first-order chi connectivity index (χ1) is 8.47. The number of hydrogen-bond acceptors (Lipinski definition) is 2. The average molecular weight is 319 g/mol. The molecule has 1 saturated heterocycles. The Labute approximate surface area is 112 Å². The summed E-state index contributed by atoms with van der Waals surface area (Å²) < 4.78 is 27.7. The quantitative estimate of drug-likeness (QED) is 0.832.